The van der Waals surface area contributed by atoms with Crippen LogP contribution in [0.1, 0.15) is 23.8 Å². The van der Waals surface area contributed by atoms with Crippen molar-refractivity contribution in [1.29, 1.82) is 0 Å². The van der Waals surface area contributed by atoms with Crippen LogP contribution in [-0.4, -0.2) is 29.9 Å². The number of carbonyl (C=O) groups is 2. The molecule has 0 spiro atoms. The minimum Gasteiger partial charge on any atom is -0.370 e. The van der Waals surface area contributed by atoms with Gasteiger partial charge in [0, 0.05) is 6.54 Å². The van der Waals surface area contributed by atoms with Gasteiger partial charge in [0.1, 0.15) is 11.5 Å². The number of nitrogens with two attached hydrogens (primary N) is 1. The number of pyridine rings is 1. The number of nitrogens with zero attached hydrogens (tertiary/aromatic N) is 1. The Hall–Kier alpha value is -1.82. The maximum absolute atomic E-state index is 11.7. The standard InChI is InChI=1S/C11H15ClN4O2/c1-2-5-14-9-4-3-7(12)10(16-9)11(18)15-6-8(13)17/h3-4H,2,5-6H2,1H3,(H2,13,17)(H,14,16)(H,15,18). The van der Waals surface area contributed by atoms with Gasteiger partial charge in [-0.25, -0.2) is 4.98 Å². The molecule has 0 aliphatic heterocycles. The van der Waals surface area contributed by atoms with Gasteiger partial charge in [-0.05, 0) is 18.6 Å². The molecule has 1 aromatic rings. The average molecular weight is 271 g/mol. The van der Waals surface area contributed by atoms with Crippen LogP contribution in [0.3, 0.4) is 0 Å². The number of primary amides is 1. The van der Waals surface area contributed by atoms with Crippen molar-refractivity contribution in [3.8, 4) is 0 Å². The molecule has 0 unspecified atom stereocenters. The Morgan fingerprint density at radius 2 is 2.17 bits per heavy atom. The Labute approximate surface area is 110 Å². The topological polar surface area (TPSA) is 97.1 Å². The number of amides is 2. The lowest BCUT2D eigenvalue weighted by atomic mass is 10.3. The minimum atomic E-state index is -0.625. The Kier molecular flexibility index (Phi) is 5.38. The number of aromatic nitrogens is 1. The Bertz CT molecular complexity index is 451. The highest BCUT2D eigenvalue weighted by atomic mass is 35.5. The summed E-state index contributed by atoms with van der Waals surface area (Å²) in [5.74, 6) is -0.593. The van der Waals surface area contributed by atoms with Crippen LogP contribution in [0.15, 0.2) is 12.1 Å². The molecule has 6 nitrogen and oxygen atoms in total. The summed E-state index contributed by atoms with van der Waals surface area (Å²) in [7, 11) is 0. The molecule has 0 aliphatic carbocycles. The average Bonchev–Trinajstić information content (AvgIpc) is 2.35. The lowest BCUT2D eigenvalue weighted by molar-refractivity contribution is -0.117. The van der Waals surface area contributed by atoms with Crippen molar-refractivity contribution in [3.05, 3.63) is 22.8 Å². The van der Waals surface area contributed by atoms with Crippen molar-refractivity contribution in [2.24, 2.45) is 5.73 Å². The normalized spacial score (nSPS) is 9.89. The van der Waals surface area contributed by atoms with Gasteiger partial charge in [0.2, 0.25) is 5.91 Å². The molecule has 0 fully saturated rings. The number of anilines is 1. The molecule has 1 aromatic heterocycles. The zero-order valence-electron chi connectivity index (χ0n) is 10.00. The first-order valence-corrected chi connectivity index (χ1v) is 5.89. The van der Waals surface area contributed by atoms with Gasteiger partial charge in [0.15, 0.2) is 0 Å². The summed E-state index contributed by atoms with van der Waals surface area (Å²) in [4.78, 5) is 26.4. The van der Waals surface area contributed by atoms with Crippen molar-refractivity contribution >= 4 is 29.2 Å². The van der Waals surface area contributed by atoms with Gasteiger partial charge in [0.25, 0.3) is 5.91 Å². The smallest absolute Gasteiger partial charge is 0.271 e. The van der Waals surface area contributed by atoms with Crippen LogP contribution in [-0.2, 0) is 4.79 Å². The van der Waals surface area contributed by atoms with Gasteiger partial charge in [0.05, 0.1) is 11.6 Å². The summed E-state index contributed by atoms with van der Waals surface area (Å²) >= 11 is 5.87. The molecule has 0 atom stereocenters. The molecular formula is C11H15ClN4O2. The van der Waals surface area contributed by atoms with E-state index in [2.05, 4.69) is 15.6 Å². The summed E-state index contributed by atoms with van der Waals surface area (Å²) in [6.07, 6.45) is 0.938. The fourth-order valence-corrected chi connectivity index (χ4v) is 1.40. The van der Waals surface area contributed by atoms with Crippen LogP contribution in [0.25, 0.3) is 0 Å². The van der Waals surface area contributed by atoms with Gasteiger partial charge in [-0.1, -0.05) is 18.5 Å². The van der Waals surface area contributed by atoms with E-state index in [0.717, 1.165) is 13.0 Å². The summed E-state index contributed by atoms with van der Waals surface area (Å²) < 4.78 is 0. The Morgan fingerprint density at radius 1 is 1.44 bits per heavy atom. The molecule has 7 heteroatoms. The number of carbonyl (C=O) groups excluding carboxylic acids is 2. The molecule has 98 valence electrons. The molecule has 0 saturated carbocycles. The van der Waals surface area contributed by atoms with Crippen molar-refractivity contribution in [2.45, 2.75) is 13.3 Å². The van der Waals surface area contributed by atoms with E-state index in [-0.39, 0.29) is 17.3 Å². The molecule has 0 bridgehead atoms. The molecule has 4 N–H and O–H groups in total. The van der Waals surface area contributed by atoms with Gasteiger partial charge in [-0.3, -0.25) is 9.59 Å². The summed E-state index contributed by atoms with van der Waals surface area (Å²) in [6, 6.07) is 3.26. The highest BCUT2D eigenvalue weighted by molar-refractivity contribution is 6.33. The zero-order chi connectivity index (χ0) is 13.5. The van der Waals surface area contributed by atoms with Gasteiger partial charge >= 0.3 is 0 Å². The van der Waals surface area contributed by atoms with Crippen molar-refractivity contribution in [3.63, 3.8) is 0 Å². The Morgan fingerprint density at radius 3 is 2.78 bits per heavy atom. The van der Waals surface area contributed by atoms with E-state index in [9.17, 15) is 9.59 Å². The summed E-state index contributed by atoms with van der Waals surface area (Å²) in [5, 5.41) is 5.60. The van der Waals surface area contributed by atoms with Crippen molar-refractivity contribution in [1.82, 2.24) is 10.3 Å². The molecule has 0 saturated heterocycles. The molecular weight excluding hydrogens is 256 g/mol. The largest absolute Gasteiger partial charge is 0.370 e. The van der Waals surface area contributed by atoms with Crippen molar-refractivity contribution < 1.29 is 9.59 Å². The number of halogens is 1. The fourth-order valence-electron chi connectivity index (χ4n) is 1.20. The fraction of sp³-hybridized carbons (Fsp3) is 0.364. The van der Waals surface area contributed by atoms with Crippen LogP contribution in [0.5, 0.6) is 0 Å². The van der Waals surface area contributed by atoms with Crippen LogP contribution in [0.2, 0.25) is 5.02 Å². The quantitative estimate of drug-likeness (QED) is 0.711. The van der Waals surface area contributed by atoms with E-state index in [1.807, 2.05) is 6.92 Å². The number of rotatable bonds is 6. The predicted octanol–water partition coefficient (Wildman–Crippen LogP) is 0.772. The highest BCUT2D eigenvalue weighted by Crippen LogP contribution is 2.16. The SMILES string of the molecule is CCCNc1ccc(Cl)c(C(=O)NCC(N)=O)n1. The number of hydrogen-bond donors (Lipinski definition) is 3. The monoisotopic (exact) mass is 270 g/mol. The maximum atomic E-state index is 11.7. The molecule has 0 aliphatic rings. The number of nitrogens with one attached hydrogen (secondary N) is 2. The van der Waals surface area contributed by atoms with E-state index in [0.29, 0.717) is 5.82 Å². The van der Waals surface area contributed by atoms with Crippen molar-refractivity contribution in [2.75, 3.05) is 18.4 Å². The molecule has 1 rings (SSSR count). The predicted molar refractivity (Wildman–Crippen MR) is 69.6 cm³/mol. The molecule has 2 amide bonds. The second kappa shape index (κ2) is 6.80. The first kappa shape index (κ1) is 14.2. The third-order valence-electron chi connectivity index (χ3n) is 2.04. The van der Waals surface area contributed by atoms with Crippen LogP contribution in [0, 0.1) is 0 Å². The lowest BCUT2D eigenvalue weighted by Crippen LogP contribution is -2.33. The highest BCUT2D eigenvalue weighted by Gasteiger charge is 2.13. The van der Waals surface area contributed by atoms with Gasteiger partial charge in [-0.2, -0.15) is 0 Å². The first-order valence-electron chi connectivity index (χ1n) is 5.51. The third-order valence-corrected chi connectivity index (χ3v) is 2.35. The molecule has 0 radical (unpaired) electrons. The maximum Gasteiger partial charge on any atom is 0.271 e. The van der Waals surface area contributed by atoms with Crippen LogP contribution >= 0.6 is 11.6 Å². The third kappa shape index (κ3) is 4.21. The second-order valence-electron chi connectivity index (χ2n) is 3.60. The first-order chi connectivity index (χ1) is 8.54. The number of hydrogen-bond acceptors (Lipinski definition) is 4. The van der Waals surface area contributed by atoms with E-state index in [1.165, 1.54) is 0 Å². The van der Waals surface area contributed by atoms with E-state index in [4.69, 9.17) is 17.3 Å². The molecule has 18 heavy (non-hydrogen) atoms. The van der Waals surface area contributed by atoms with E-state index in [1.54, 1.807) is 12.1 Å². The second-order valence-corrected chi connectivity index (χ2v) is 4.01. The lowest BCUT2D eigenvalue weighted by Gasteiger charge is -2.08. The van der Waals surface area contributed by atoms with Gasteiger partial charge in [-0.15, -0.1) is 0 Å². The van der Waals surface area contributed by atoms with Gasteiger partial charge < -0.3 is 16.4 Å². The molecule has 1 heterocycles. The van der Waals surface area contributed by atoms with E-state index < -0.39 is 11.8 Å². The summed E-state index contributed by atoms with van der Waals surface area (Å²) in [5.41, 5.74) is 5.00. The van der Waals surface area contributed by atoms with Crippen LogP contribution < -0.4 is 16.4 Å². The molecule has 0 aromatic carbocycles. The Balaban J connectivity index is 2.79. The zero-order valence-corrected chi connectivity index (χ0v) is 10.8. The summed E-state index contributed by atoms with van der Waals surface area (Å²) in [6.45, 7) is 2.52. The van der Waals surface area contributed by atoms with Crippen LogP contribution in [0.4, 0.5) is 5.82 Å². The van der Waals surface area contributed by atoms with E-state index >= 15 is 0 Å². The minimum absolute atomic E-state index is 0.0685.